The molecule has 5 heteroatoms. The van der Waals surface area contributed by atoms with Crippen LogP contribution in [0.2, 0.25) is 0 Å². The lowest BCUT2D eigenvalue weighted by Crippen LogP contribution is -2.45. The maximum atomic E-state index is 13.0. The molecule has 0 bridgehead atoms. The Labute approximate surface area is 153 Å². The van der Waals surface area contributed by atoms with E-state index in [9.17, 15) is 4.79 Å². The van der Waals surface area contributed by atoms with Crippen LogP contribution in [0.25, 0.3) is 0 Å². The number of allylic oxidation sites excluding steroid dienone is 1. The lowest BCUT2D eigenvalue weighted by Gasteiger charge is -2.30. The van der Waals surface area contributed by atoms with Gasteiger partial charge in [-0.15, -0.1) is 0 Å². The number of amides is 1. The summed E-state index contributed by atoms with van der Waals surface area (Å²) >= 11 is 5.29. The number of rotatable bonds is 3. The van der Waals surface area contributed by atoms with Crippen LogP contribution in [0.15, 0.2) is 59.8 Å². The number of anilines is 1. The molecule has 128 valence electrons. The van der Waals surface area contributed by atoms with Crippen LogP contribution in [0.5, 0.6) is 0 Å². The minimum Gasteiger partial charge on any atom is -0.351 e. The van der Waals surface area contributed by atoms with Crippen molar-refractivity contribution in [3.05, 3.63) is 76.5 Å². The number of carbonyl (C=O) groups is 1. The van der Waals surface area contributed by atoms with Crippen molar-refractivity contribution in [2.45, 2.75) is 26.8 Å². The number of nitrogens with one attached hydrogen (secondary N) is 3. The molecule has 1 aliphatic heterocycles. The number of hydrogen-bond acceptors (Lipinski definition) is 2. The summed E-state index contributed by atoms with van der Waals surface area (Å²) in [6.45, 7) is 5.89. The van der Waals surface area contributed by atoms with E-state index in [0.717, 1.165) is 22.5 Å². The number of aryl methyl sites for hydroxylation is 2. The van der Waals surface area contributed by atoms with Crippen molar-refractivity contribution in [2.24, 2.45) is 0 Å². The molecule has 25 heavy (non-hydrogen) atoms. The molecular formula is C20H21N3OS. The molecule has 1 aliphatic rings. The quantitative estimate of drug-likeness (QED) is 0.738. The zero-order valence-corrected chi connectivity index (χ0v) is 15.3. The van der Waals surface area contributed by atoms with E-state index in [-0.39, 0.29) is 11.9 Å². The Morgan fingerprint density at radius 1 is 1.04 bits per heavy atom. The Kier molecular flexibility index (Phi) is 4.86. The Bertz CT molecular complexity index is 855. The summed E-state index contributed by atoms with van der Waals surface area (Å²) in [5.74, 6) is -0.139. The lowest BCUT2D eigenvalue weighted by atomic mass is 9.94. The number of para-hydroxylation sites is 1. The molecule has 0 aromatic heterocycles. The number of thiocarbonyl (C=S) groups is 1. The monoisotopic (exact) mass is 351 g/mol. The van der Waals surface area contributed by atoms with Gasteiger partial charge in [0.25, 0.3) is 5.91 Å². The van der Waals surface area contributed by atoms with Gasteiger partial charge in [0.1, 0.15) is 0 Å². The third kappa shape index (κ3) is 3.72. The molecule has 0 aliphatic carbocycles. The molecule has 0 saturated carbocycles. The second-order valence-electron chi connectivity index (χ2n) is 6.25. The Morgan fingerprint density at radius 2 is 1.72 bits per heavy atom. The van der Waals surface area contributed by atoms with Gasteiger partial charge < -0.3 is 16.0 Å². The van der Waals surface area contributed by atoms with Crippen molar-refractivity contribution in [2.75, 3.05) is 5.32 Å². The Hall–Kier alpha value is -2.66. The minimum atomic E-state index is -0.279. The predicted molar refractivity (Wildman–Crippen MR) is 105 cm³/mol. The van der Waals surface area contributed by atoms with E-state index in [2.05, 4.69) is 16.0 Å². The first-order valence-corrected chi connectivity index (χ1v) is 8.58. The van der Waals surface area contributed by atoms with Gasteiger partial charge in [0.15, 0.2) is 5.11 Å². The summed E-state index contributed by atoms with van der Waals surface area (Å²) in [6.07, 6.45) is 0. The molecule has 4 nitrogen and oxygen atoms in total. The van der Waals surface area contributed by atoms with Gasteiger partial charge in [-0.3, -0.25) is 4.79 Å². The molecule has 1 heterocycles. The number of hydrogen-bond donors (Lipinski definition) is 3. The number of benzene rings is 2. The third-order valence-electron chi connectivity index (χ3n) is 4.32. The fourth-order valence-corrected chi connectivity index (χ4v) is 3.18. The molecular weight excluding hydrogens is 330 g/mol. The molecule has 3 rings (SSSR count). The van der Waals surface area contributed by atoms with E-state index in [1.165, 1.54) is 5.56 Å². The maximum Gasteiger partial charge on any atom is 0.255 e. The first-order valence-electron chi connectivity index (χ1n) is 8.17. The highest BCUT2D eigenvalue weighted by Crippen LogP contribution is 2.28. The number of carbonyl (C=O) groups excluding carboxylic acids is 1. The second-order valence-corrected chi connectivity index (χ2v) is 6.66. The first-order chi connectivity index (χ1) is 12.0. The van der Waals surface area contributed by atoms with Crippen molar-refractivity contribution >= 4 is 28.9 Å². The van der Waals surface area contributed by atoms with Crippen LogP contribution in [0, 0.1) is 13.8 Å². The van der Waals surface area contributed by atoms with Gasteiger partial charge >= 0.3 is 0 Å². The molecule has 2 aromatic rings. The highest BCUT2D eigenvalue weighted by molar-refractivity contribution is 7.80. The Balaban J connectivity index is 1.96. The summed E-state index contributed by atoms with van der Waals surface area (Å²) < 4.78 is 0. The van der Waals surface area contributed by atoms with Crippen molar-refractivity contribution in [3.8, 4) is 0 Å². The average Bonchev–Trinajstić information content (AvgIpc) is 2.57. The fourth-order valence-electron chi connectivity index (χ4n) is 2.91. The molecule has 0 spiro atoms. The van der Waals surface area contributed by atoms with Gasteiger partial charge in [-0.1, -0.05) is 48.0 Å². The molecule has 2 aromatic carbocycles. The van der Waals surface area contributed by atoms with E-state index < -0.39 is 0 Å². The molecule has 0 saturated heterocycles. The summed E-state index contributed by atoms with van der Waals surface area (Å²) in [5, 5.41) is 9.82. The molecule has 0 unspecified atom stereocenters. The van der Waals surface area contributed by atoms with Gasteiger partial charge in [-0.25, -0.2) is 0 Å². The first kappa shape index (κ1) is 17.2. The SMILES string of the molecule is CC1=C(C(=O)Nc2ccccc2C)[C@H](c2ccc(C)cc2)NC(=S)N1. The topological polar surface area (TPSA) is 53.2 Å². The van der Waals surface area contributed by atoms with Crippen molar-refractivity contribution in [1.29, 1.82) is 0 Å². The fraction of sp³-hybridized carbons (Fsp3) is 0.200. The lowest BCUT2D eigenvalue weighted by molar-refractivity contribution is -0.113. The van der Waals surface area contributed by atoms with E-state index in [1.54, 1.807) is 0 Å². The average molecular weight is 351 g/mol. The van der Waals surface area contributed by atoms with E-state index >= 15 is 0 Å². The van der Waals surface area contributed by atoms with Crippen molar-refractivity contribution < 1.29 is 4.79 Å². The second kappa shape index (κ2) is 7.07. The van der Waals surface area contributed by atoms with Crippen LogP contribution in [0.4, 0.5) is 5.69 Å². The zero-order chi connectivity index (χ0) is 18.0. The van der Waals surface area contributed by atoms with Crippen LogP contribution in [-0.2, 0) is 4.79 Å². The van der Waals surface area contributed by atoms with Gasteiger partial charge in [-0.2, -0.15) is 0 Å². The van der Waals surface area contributed by atoms with Crippen molar-refractivity contribution in [3.63, 3.8) is 0 Å². The molecule has 1 amide bonds. The van der Waals surface area contributed by atoms with Crippen LogP contribution < -0.4 is 16.0 Å². The van der Waals surface area contributed by atoms with Crippen LogP contribution in [0.1, 0.15) is 29.7 Å². The van der Waals surface area contributed by atoms with Crippen LogP contribution in [-0.4, -0.2) is 11.0 Å². The highest BCUT2D eigenvalue weighted by Gasteiger charge is 2.29. The van der Waals surface area contributed by atoms with E-state index in [4.69, 9.17) is 12.2 Å². The van der Waals surface area contributed by atoms with Gasteiger partial charge in [0, 0.05) is 11.4 Å². The van der Waals surface area contributed by atoms with E-state index in [1.807, 2.05) is 69.3 Å². The molecule has 3 N–H and O–H groups in total. The Morgan fingerprint density at radius 3 is 2.40 bits per heavy atom. The smallest absolute Gasteiger partial charge is 0.255 e. The van der Waals surface area contributed by atoms with Gasteiger partial charge in [-0.05, 0) is 50.2 Å². The molecule has 0 fully saturated rings. The minimum absolute atomic E-state index is 0.139. The summed E-state index contributed by atoms with van der Waals surface area (Å²) in [4.78, 5) is 13.0. The highest BCUT2D eigenvalue weighted by atomic mass is 32.1. The van der Waals surface area contributed by atoms with E-state index in [0.29, 0.717) is 10.7 Å². The standard InChI is InChI=1S/C20H21N3OS/c1-12-8-10-15(11-9-12)18-17(14(3)21-20(25)23-18)19(24)22-16-7-5-4-6-13(16)2/h4-11,18H,1-3H3,(H,22,24)(H2,21,23,25)/t18-/m0/s1. The summed E-state index contributed by atoms with van der Waals surface area (Å²) in [6, 6.07) is 15.6. The summed E-state index contributed by atoms with van der Waals surface area (Å²) in [7, 11) is 0. The third-order valence-corrected chi connectivity index (χ3v) is 4.54. The van der Waals surface area contributed by atoms with Gasteiger partial charge in [0.2, 0.25) is 0 Å². The predicted octanol–water partition coefficient (Wildman–Crippen LogP) is 3.73. The molecule has 1 atom stereocenters. The zero-order valence-electron chi connectivity index (χ0n) is 14.5. The van der Waals surface area contributed by atoms with Gasteiger partial charge in [0.05, 0.1) is 11.6 Å². The maximum absolute atomic E-state index is 13.0. The normalized spacial score (nSPS) is 16.9. The van der Waals surface area contributed by atoms with Crippen molar-refractivity contribution in [1.82, 2.24) is 10.6 Å². The molecule has 0 radical (unpaired) electrons. The largest absolute Gasteiger partial charge is 0.351 e. The summed E-state index contributed by atoms with van der Waals surface area (Å²) in [5.41, 5.74) is 5.41. The van der Waals surface area contributed by atoms with Crippen LogP contribution >= 0.6 is 12.2 Å². The van der Waals surface area contributed by atoms with Crippen LogP contribution in [0.3, 0.4) is 0 Å².